The molecule has 20 heavy (non-hydrogen) atoms. The van der Waals surface area contributed by atoms with Crippen LogP contribution in [0.1, 0.15) is 45.6 Å². The number of nitrogens with zero attached hydrogens (tertiary/aromatic N) is 1. The van der Waals surface area contributed by atoms with Gasteiger partial charge in [0.2, 0.25) is 0 Å². The molecule has 3 heteroatoms. The van der Waals surface area contributed by atoms with Crippen molar-refractivity contribution in [2.24, 2.45) is 0 Å². The number of likely N-dealkylation sites (tertiary alicyclic amines) is 1. The first-order valence-electron chi connectivity index (χ1n) is 7.89. The van der Waals surface area contributed by atoms with Gasteiger partial charge in [-0.3, -0.25) is 0 Å². The molecule has 1 unspecified atom stereocenters. The summed E-state index contributed by atoms with van der Waals surface area (Å²) in [5, 5.41) is 3.78. The third-order valence-electron chi connectivity index (χ3n) is 4.30. The maximum absolute atomic E-state index is 3.78. The summed E-state index contributed by atoms with van der Waals surface area (Å²) in [6.07, 6.45) is 4.90. The highest BCUT2D eigenvalue weighted by Crippen LogP contribution is 2.24. The van der Waals surface area contributed by atoms with Crippen LogP contribution in [0.3, 0.4) is 0 Å². The van der Waals surface area contributed by atoms with Crippen LogP contribution >= 0.6 is 15.9 Å². The highest BCUT2D eigenvalue weighted by Gasteiger charge is 2.19. The van der Waals surface area contributed by atoms with E-state index in [1.807, 2.05) is 0 Å². The van der Waals surface area contributed by atoms with Crippen LogP contribution in [0.2, 0.25) is 0 Å². The number of hydrogen-bond acceptors (Lipinski definition) is 2. The first-order chi connectivity index (χ1) is 9.60. The van der Waals surface area contributed by atoms with Gasteiger partial charge in [0.1, 0.15) is 0 Å². The number of benzene rings is 1. The first kappa shape index (κ1) is 15.8. The third-order valence-corrected chi connectivity index (χ3v) is 4.79. The van der Waals surface area contributed by atoms with Crippen LogP contribution < -0.4 is 5.32 Å². The molecule has 2 rings (SSSR count). The van der Waals surface area contributed by atoms with Gasteiger partial charge in [0.15, 0.2) is 0 Å². The Hall–Kier alpha value is -0.540. The van der Waals surface area contributed by atoms with Crippen molar-refractivity contribution in [2.45, 2.75) is 58.5 Å². The van der Waals surface area contributed by atoms with E-state index in [-0.39, 0.29) is 0 Å². The molecule has 1 fully saturated rings. The van der Waals surface area contributed by atoms with Crippen molar-refractivity contribution in [3.05, 3.63) is 28.2 Å². The van der Waals surface area contributed by atoms with Crippen molar-refractivity contribution in [1.29, 1.82) is 0 Å². The molecule has 1 atom stereocenters. The lowest BCUT2D eigenvalue weighted by Crippen LogP contribution is -2.32. The number of rotatable bonds is 4. The molecule has 1 aliphatic heterocycles. The quantitative estimate of drug-likeness (QED) is 0.856. The van der Waals surface area contributed by atoms with E-state index in [0.29, 0.717) is 12.1 Å². The van der Waals surface area contributed by atoms with Crippen LogP contribution in [0.25, 0.3) is 0 Å². The van der Waals surface area contributed by atoms with Crippen molar-refractivity contribution in [3.8, 4) is 0 Å². The van der Waals surface area contributed by atoms with Gasteiger partial charge < -0.3 is 10.2 Å². The highest BCUT2D eigenvalue weighted by molar-refractivity contribution is 9.10. The molecule has 2 nitrogen and oxygen atoms in total. The highest BCUT2D eigenvalue weighted by atomic mass is 79.9. The van der Waals surface area contributed by atoms with Crippen LogP contribution in [-0.4, -0.2) is 30.1 Å². The van der Waals surface area contributed by atoms with Gasteiger partial charge >= 0.3 is 0 Å². The van der Waals surface area contributed by atoms with Gasteiger partial charge in [0.05, 0.1) is 0 Å². The summed E-state index contributed by atoms with van der Waals surface area (Å²) in [5.74, 6) is 0. The van der Waals surface area contributed by atoms with Crippen molar-refractivity contribution in [2.75, 3.05) is 18.4 Å². The Kier molecular flexibility index (Phi) is 5.91. The number of anilines is 1. The maximum Gasteiger partial charge on any atom is 0.0375 e. The van der Waals surface area contributed by atoms with E-state index in [2.05, 4.69) is 65.1 Å². The summed E-state index contributed by atoms with van der Waals surface area (Å²) in [6.45, 7) is 9.29. The number of aryl methyl sites for hydroxylation is 1. The number of nitrogens with one attached hydrogen (secondary N) is 1. The van der Waals surface area contributed by atoms with Gasteiger partial charge in [-0.1, -0.05) is 22.9 Å². The van der Waals surface area contributed by atoms with Gasteiger partial charge in [-0.15, -0.1) is 0 Å². The minimum Gasteiger partial charge on any atom is -0.382 e. The summed E-state index contributed by atoms with van der Waals surface area (Å²) >= 11 is 3.56. The zero-order valence-electron chi connectivity index (χ0n) is 13.0. The second kappa shape index (κ2) is 7.46. The maximum atomic E-state index is 3.78. The van der Waals surface area contributed by atoms with Gasteiger partial charge in [-0.2, -0.15) is 0 Å². The molecule has 1 N–H and O–H groups in total. The molecule has 0 amide bonds. The zero-order valence-corrected chi connectivity index (χ0v) is 14.5. The Morgan fingerprint density at radius 1 is 1.30 bits per heavy atom. The van der Waals surface area contributed by atoms with Gasteiger partial charge in [0.25, 0.3) is 0 Å². The van der Waals surface area contributed by atoms with E-state index in [1.165, 1.54) is 48.1 Å². The Morgan fingerprint density at radius 3 is 2.80 bits per heavy atom. The third kappa shape index (κ3) is 4.23. The molecular weight excluding hydrogens is 312 g/mol. The molecule has 1 saturated heterocycles. The van der Waals surface area contributed by atoms with E-state index < -0.39 is 0 Å². The molecule has 112 valence electrons. The molecular formula is C17H27BrN2. The molecule has 0 aromatic heterocycles. The predicted molar refractivity (Wildman–Crippen MR) is 91.5 cm³/mol. The zero-order chi connectivity index (χ0) is 14.5. The minimum absolute atomic E-state index is 0.616. The van der Waals surface area contributed by atoms with Crippen LogP contribution in [0.15, 0.2) is 22.7 Å². The van der Waals surface area contributed by atoms with Gasteiger partial charge in [0, 0.05) is 28.8 Å². The fourth-order valence-electron chi connectivity index (χ4n) is 2.99. The normalized spacial score (nSPS) is 20.9. The van der Waals surface area contributed by atoms with E-state index in [0.717, 1.165) is 6.42 Å². The lowest BCUT2D eigenvalue weighted by molar-refractivity contribution is 0.230. The molecule has 0 radical (unpaired) electrons. The summed E-state index contributed by atoms with van der Waals surface area (Å²) in [7, 11) is 0. The summed E-state index contributed by atoms with van der Waals surface area (Å²) in [6, 6.07) is 7.88. The van der Waals surface area contributed by atoms with Gasteiger partial charge in [-0.05, 0) is 69.8 Å². The summed E-state index contributed by atoms with van der Waals surface area (Å²) < 4.78 is 1.17. The first-order valence-corrected chi connectivity index (χ1v) is 8.68. The van der Waals surface area contributed by atoms with E-state index in [1.54, 1.807) is 0 Å². The molecule has 1 aromatic rings. The number of halogens is 1. The Balaban J connectivity index is 2.00. The van der Waals surface area contributed by atoms with Gasteiger partial charge in [-0.25, -0.2) is 0 Å². The van der Waals surface area contributed by atoms with Crippen LogP contribution in [-0.2, 0) is 6.42 Å². The molecule has 0 saturated carbocycles. The minimum atomic E-state index is 0.616. The lowest BCUT2D eigenvalue weighted by Gasteiger charge is -2.24. The topological polar surface area (TPSA) is 15.3 Å². The predicted octanol–water partition coefficient (Wildman–Crippen LogP) is 4.69. The average Bonchev–Trinajstić information content (AvgIpc) is 2.66. The average molecular weight is 339 g/mol. The van der Waals surface area contributed by atoms with Crippen LogP contribution in [0, 0.1) is 0 Å². The molecule has 0 aliphatic carbocycles. The molecule has 0 spiro atoms. The van der Waals surface area contributed by atoms with Crippen LogP contribution in [0.5, 0.6) is 0 Å². The van der Waals surface area contributed by atoms with E-state index in [4.69, 9.17) is 0 Å². The van der Waals surface area contributed by atoms with E-state index >= 15 is 0 Å². The molecule has 1 heterocycles. The second-order valence-corrected chi connectivity index (χ2v) is 6.97. The van der Waals surface area contributed by atoms with Crippen molar-refractivity contribution in [1.82, 2.24) is 4.90 Å². The SMILES string of the molecule is CCc1cc(Br)ccc1NC1CCCN(C(C)C)CC1. The van der Waals surface area contributed by atoms with Crippen molar-refractivity contribution in [3.63, 3.8) is 0 Å². The molecule has 1 aromatic carbocycles. The van der Waals surface area contributed by atoms with Crippen LogP contribution in [0.4, 0.5) is 5.69 Å². The standard InChI is InChI=1S/C17H27BrN2/c1-4-14-12-15(18)7-8-17(14)19-16-6-5-10-20(11-9-16)13(2)3/h7-8,12-13,16,19H,4-6,9-11H2,1-3H3. The smallest absolute Gasteiger partial charge is 0.0375 e. The molecule has 0 bridgehead atoms. The Bertz CT molecular complexity index is 431. The van der Waals surface area contributed by atoms with E-state index in [9.17, 15) is 0 Å². The largest absolute Gasteiger partial charge is 0.382 e. The number of hydrogen-bond donors (Lipinski definition) is 1. The van der Waals surface area contributed by atoms with Crippen molar-refractivity contribution < 1.29 is 0 Å². The fourth-order valence-corrected chi connectivity index (χ4v) is 3.40. The van der Waals surface area contributed by atoms with Crippen molar-refractivity contribution >= 4 is 21.6 Å². The summed E-state index contributed by atoms with van der Waals surface area (Å²) in [5.41, 5.74) is 2.73. The second-order valence-electron chi connectivity index (χ2n) is 6.06. The Labute approximate surface area is 132 Å². The Morgan fingerprint density at radius 2 is 2.10 bits per heavy atom. The lowest BCUT2D eigenvalue weighted by atomic mass is 10.1. The fraction of sp³-hybridized carbons (Fsp3) is 0.647. The molecule has 1 aliphatic rings. The monoisotopic (exact) mass is 338 g/mol. The summed E-state index contributed by atoms with van der Waals surface area (Å²) in [4.78, 5) is 2.60.